The minimum atomic E-state index is -1.12. The Kier molecular flexibility index (Phi) is 22.1. The first kappa shape index (κ1) is 40.7. The lowest BCUT2D eigenvalue weighted by atomic mass is 10.1. The van der Waals surface area contributed by atoms with Gasteiger partial charge in [0.25, 0.3) is 5.56 Å². The Bertz CT molecular complexity index is 1100. The van der Waals surface area contributed by atoms with Gasteiger partial charge in [-0.2, -0.15) is 4.39 Å². The third kappa shape index (κ3) is 18.0. The van der Waals surface area contributed by atoms with E-state index in [-0.39, 0.29) is 31.4 Å². The number of carbonyl (C=O) groups is 2. The Hall–Kier alpha value is -2.49. The molecule has 1 saturated heterocycles. The maximum Gasteiger partial charge on any atom is 0.330 e. The summed E-state index contributed by atoms with van der Waals surface area (Å²) in [5.74, 6) is -1.86. The lowest BCUT2D eigenvalue weighted by Crippen LogP contribution is -2.34. The number of H-pyrrole nitrogens is 1. The molecule has 2 rings (SSSR count). The predicted octanol–water partition coefficient (Wildman–Crippen LogP) is 8.82. The van der Waals surface area contributed by atoms with Crippen molar-refractivity contribution in [2.24, 2.45) is 0 Å². The fraction of sp³-hybridized carbons (Fsp3) is 0.838. The molecule has 1 aliphatic heterocycles. The van der Waals surface area contributed by atoms with E-state index >= 15 is 0 Å². The second kappa shape index (κ2) is 25.5. The topological polar surface area (TPSA) is 117 Å². The van der Waals surface area contributed by atoms with Crippen molar-refractivity contribution >= 4 is 11.9 Å². The maximum absolute atomic E-state index is 14.0. The zero-order valence-corrected chi connectivity index (χ0v) is 29.4. The number of unbranched alkanes of at least 4 members (excludes halogenated alkanes) is 20. The lowest BCUT2D eigenvalue weighted by molar-refractivity contribution is -0.158. The molecule has 0 bridgehead atoms. The SMILES string of the molecule is CCCCCCCCCCCCCC(=O)OC[C@@H]1O[C@H](n2cc(F)c(=O)[nH]c2=O)CC1OC(=O)CCCCCCCCCCCCC. The molecule has 47 heavy (non-hydrogen) atoms. The Labute approximate surface area is 281 Å². The number of esters is 2. The average Bonchev–Trinajstić information content (AvgIpc) is 3.44. The lowest BCUT2D eigenvalue weighted by Gasteiger charge is -2.19. The first-order valence-electron chi connectivity index (χ1n) is 18.9. The molecule has 10 heteroatoms. The molecule has 270 valence electrons. The van der Waals surface area contributed by atoms with E-state index in [1.165, 1.54) is 96.3 Å². The second-order valence-electron chi connectivity index (χ2n) is 13.3. The summed E-state index contributed by atoms with van der Waals surface area (Å²) in [6, 6.07) is 0. The quantitative estimate of drug-likeness (QED) is 0.0702. The molecule has 3 atom stereocenters. The van der Waals surface area contributed by atoms with Gasteiger partial charge in [0, 0.05) is 19.3 Å². The number of nitrogens with one attached hydrogen (secondary N) is 1. The highest BCUT2D eigenvalue weighted by molar-refractivity contribution is 5.70. The molecule has 0 amide bonds. The highest BCUT2D eigenvalue weighted by Crippen LogP contribution is 2.31. The molecule has 0 aromatic carbocycles. The minimum absolute atomic E-state index is 0.0657. The summed E-state index contributed by atoms with van der Waals surface area (Å²) in [5.41, 5.74) is -1.95. The van der Waals surface area contributed by atoms with Gasteiger partial charge in [-0.15, -0.1) is 0 Å². The normalized spacial score (nSPS) is 17.6. The van der Waals surface area contributed by atoms with Crippen molar-refractivity contribution in [3.8, 4) is 0 Å². The molecule has 0 spiro atoms. The molecule has 1 aromatic heterocycles. The first-order valence-corrected chi connectivity index (χ1v) is 18.9. The number of hydrogen-bond acceptors (Lipinski definition) is 7. The van der Waals surface area contributed by atoms with Gasteiger partial charge in [0.2, 0.25) is 5.82 Å². The van der Waals surface area contributed by atoms with Gasteiger partial charge in [-0.3, -0.25) is 23.9 Å². The van der Waals surface area contributed by atoms with Crippen molar-refractivity contribution < 1.29 is 28.2 Å². The summed E-state index contributed by atoms with van der Waals surface area (Å²) in [7, 11) is 0. The number of aromatic amines is 1. The van der Waals surface area contributed by atoms with Crippen LogP contribution in [-0.2, 0) is 23.8 Å². The van der Waals surface area contributed by atoms with E-state index in [1.807, 2.05) is 4.98 Å². The highest BCUT2D eigenvalue weighted by atomic mass is 19.1. The zero-order valence-electron chi connectivity index (χ0n) is 29.4. The third-order valence-corrected chi connectivity index (χ3v) is 9.08. The van der Waals surface area contributed by atoms with Crippen LogP contribution in [0.25, 0.3) is 0 Å². The zero-order chi connectivity index (χ0) is 34.1. The number of hydrogen-bond donors (Lipinski definition) is 1. The van der Waals surface area contributed by atoms with Gasteiger partial charge in [-0.1, -0.05) is 142 Å². The van der Waals surface area contributed by atoms with E-state index in [0.29, 0.717) is 6.42 Å². The standard InChI is InChI=1S/C37H63FN2O7/c1-3-5-7-9-11-13-15-17-19-21-23-25-34(41)45-29-32-31(27-33(46-32)40-28-30(38)36(43)39-37(40)44)47-35(42)26-24-22-20-18-16-14-12-10-8-6-4-2/h28,31-33H,3-27,29H2,1-2H3,(H,39,43,44)/t31?,32-,33-/m0/s1. The molecule has 1 aliphatic rings. The molecular formula is C37H63FN2O7. The molecule has 2 heterocycles. The van der Waals surface area contributed by atoms with Crippen molar-refractivity contribution in [1.29, 1.82) is 0 Å². The van der Waals surface area contributed by atoms with Crippen molar-refractivity contribution in [3.63, 3.8) is 0 Å². The number of rotatable bonds is 28. The minimum Gasteiger partial charge on any atom is -0.463 e. The smallest absolute Gasteiger partial charge is 0.330 e. The number of aromatic nitrogens is 2. The van der Waals surface area contributed by atoms with Crippen LogP contribution in [0.1, 0.15) is 181 Å². The van der Waals surface area contributed by atoms with E-state index in [2.05, 4.69) is 13.8 Å². The summed E-state index contributed by atoms with van der Waals surface area (Å²) in [5, 5.41) is 0. The van der Waals surface area contributed by atoms with Gasteiger partial charge in [0.05, 0.1) is 6.20 Å². The monoisotopic (exact) mass is 666 g/mol. The Morgan fingerprint density at radius 3 is 1.68 bits per heavy atom. The Morgan fingerprint density at radius 2 is 1.19 bits per heavy atom. The van der Waals surface area contributed by atoms with E-state index in [9.17, 15) is 23.6 Å². The highest BCUT2D eigenvalue weighted by Gasteiger charge is 2.40. The van der Waals surface area contributed by atoms with Crippen LogP contribution in [0.5, 0.6) is 0 Å². The fourth-order valence-electron chi connectivity index (χ4n) is 6.16. The van der Waals surface area contributed by atoms with Crippen molar-refractivity contribution in [2.75, 3.05) is 6.61 Å². The summed E-state index contributed by atoms with van der Waals surface area (Å²) in [6.07, 6.45) is 24.8. The number of halogens is 1. The van der Waals surface area contributed by atoms with Crippen LogP contribution in [0.3, 0.4) is 0 Å². The van der Waals surface area contributed by atoms with Crippen molar-refractivity contribution in [2.45, 2.75) is 193 Å². The molecule has 1 N–H and O–H groups in total. The molecule has 0 radical (unpaired) electrons. The van der Waals surface area contributed by atoms with Crippen LogP contribution in [0.2, 0.25) is 0 Å². The largest absolute Gasteiger partial charge is 0.463 e. The van der Waals surface area contributed by atoms with Crippen molar-refractivity contribution in [3.05, 3.63) is 32.9 Å². The van der Waals surface area contributed by atoms with Crippen LogP contribution in [0, 0.1) is 5.82 Å². The number of ether oxygens (including phenoxy) is 3. The van der Waals surface area contributed by atoms with Crippen LogP contribution in [0.15, 0.2) is 15.8 Å². The van der Waals surface area contributed by atoms with Crippen LogP contribution >= 0.6 is 0 Å². The molecule has 0 saturated carbocycles. The van der Waals surface area contributed by atoms with Crippen LogP contribution < -0.4 is 11.2 Å². The molecule has 9 nitrogen and oxygen atoms in total. The number of nitrogens with zero attached hydrogens (tertiary/aromatic N) is 1. The average molecular weight is 667 g/mol. The van der Waals surface area contributed by atoms with Gasteiger partial charge in [0.1, 0.15) is 25.0 Å². The van der Waals surface area contributed by atoms with Gasteiger partial charge < -0.3 is 14.2 Å². The van der Waals surface area contributed by atoms with Gasteiger partial charge in [-0.05, 0) is 12.8 Å². The molecule has 1 unspecified atom stereocenters. The van der Waals surface area contributed by atoms with Gasteiger partial charge in [-0.25, -0.2) is 4.79 Å². The Balaban J connectivity index is 1.73. The van der Waals surface area contributed by atoms with Crippen LogP contribution in [-0.4, -0.2) is 40.3 Å². The maximum atomic E-state index is 14.0. The number of carbonyl (C=O) groups excluding carboxylic acids is 2. The molecule has 0 aliphatic carbocycles. The summed E-state index contributed by atoms with van der Waals surface area (Å²) >= 11 is 0. The van der Waals surface area contributed by atoms with E-state index < -0.39 is 35.5 Å². The fourth-order valence-corrected chi connectivity index (χ4v) is 6.16. The van der Waals surface area contributed by atoms with Crippen molar-refractivity contribution in [1.82, 2.24) is 9.55 Å². The summed E-state index contributed by atoms with van der Waals surface area (Å²) < 4.78 is 32.1. The van der Waals surface area contributed by atoms with E-state index in [4.69, 9.17) is 14.2 Å². The first-order chi connectivity index (χ1) is 22.8. The second-order valence-corrected chi connectivity index (χ2v) is 13.3. The van der Waals surface area contributed by atoms with Crippen LogP contribution in [0.4, 0.5) is 4.39 Å². The van der Waals surface area contributed by atoms with Gasteiger partial charge in [0.15, 0.2) is 0 Å². The predicted molar refractivity (Wildman–Crippen MR) is 183 cm³/mol. The summed E-state index contributed by atoms with van der Waals surface area (Å²) in [6.45, 7) is 4.31. The molecule has 1 aromatic rings. The molecular weight excluding hydrogens is 603 g/mol. The molecule has 1 fully saturated rings. The van der Waals surface area contributed by atoms with E-state index in [0.717, 1.165) is 55.7 Å². The van der Waals surface area contributed by atoms with E-state index in [1.54, 1.807) is 0 Å². The van der Waals surface area contributed by atoms with Gasteiger partial charge >= 0.3 is 17.6 Å². The third-order valence-electron chi connectivity index (χ3n) is 9.08. The summed E-state index contributed by atoms with van der Waals surface area (Å²) in [4.78, 5) is 51.0. The Morgan fingerprint density at radius 1 is 0.745 bits per heavy atom.